The number of esters is 1. The molecule has 0 unspecified atom stereocenters. The first-order valence-electron chi connectivity index (χ1n) is 6.99. The Bertz CT molecular complexity index is 852. The average molecular weight is 391 g/mol. The van der Waals surface area contributed by atoms with E-state index in [-0.39, 0.29) is 12.1 Å². The number of nitro benzene ring substituents is 1. The molecule has 0 bridgehead atoms. The Morgan fingerprint density at radius 2 is 2.04 bits per heavy atom. The van der Waals surface area contributed by atoms with E-state index in [1.807, 2.05) is 0 Å². The second-order valence-electron chi connectivity index (χ2n) is 5.17. The summed E-state index contributed by atoms with van der Waals surface area (Å²) in [4.78, 5) is 34.5. The van der Waals surface area contributed by atoms with Crippen LogP contribution >= 0.6 is 15.9 Å². The lowest BCUT2D eigenvalue weighted by molar-refractivity contribution is -0.384. The number of hydrogen-bond acceptors (Lipinski definition) is 5. The second kappa shape index (κ2) is 6.40. The van der Waals surface area contributed by atoms with Gasteiger partial charge < -0.3 is 10.1 Å². The van der Waals surface area contributed by atoms with Crippen LogP contribution in [0.2, 0.25) is 0 Å². The van der Waals surface area contributed by atoms with Crippen LogP contribution in [0.25, 0.3) is 0 Å². The summed E-state index contributed by atoms with van der Waals surface area (Å²) in [5.74, 6) is -1.04. The summed E-state index contributed by atoms with van der Waals surface area (Å²) < 4.78 is 5.54. The molecule has 1 aliphatic rings. The largest absolute Gasteiger partial charge is 0.448 e. The van der Waals surface area contributed by atoms with Crippen LogP contribution in [0.1, 0.15) is 15.9 Å². The van der Waals surface area contributed by atoms with Gasteiger partial charge in [-0.1, -0.05) is 18.2 Å². The van der Waals surface area contributed by atoms with Gasteiger partial charge in [-0.25, -0.2) is 4.79 Å². The summed E-state index contributed by atoms with van der Waals surface area (Å²) >= 11 is 3.18. The van der Waals surface area contributed by atoms with Gasteiger partial charge in [0.2, 0.25) is 0 Å². The molecule has 1 atom stereocenters. The molecule has 0 radical (unpaired) electrons. The Hall–Kier alpha value is -2.74. The molecule has 7 nitrogen and oxygen atoms in total. The van der Waals surface area contributed by atoms with Crippen LogP contribution in [-0.4, -0.2) is 22.9 Å². The second-order valence-corrected chi connectivity index (χ2v) is 6.02. The van der Waals surface area contributed by atoms with Gasteiger partial charge in [0.15, 0.2) is 6.10 Å². The quantitative estimate of drug-likeness (QED) is 0.493. The van der Waals surface area contributed by atoms with Crippen molar-refractivity contribution in [3.05, 3.63) is 68.2 Å². The maximum absolute atomic E-state index is 12.4. The maximum Gasteiger partial charge on any atom is 0.339 e. The normalized spacial score (nSPS) is 16.0. The first kappa shape index (κ1) is 16.1. The molecule has 122 valence electrons. The Labute approximate surface area is 144 Å². The van der Waals surface area contributed by atoms with Gasteiger partial charge in [0.25, 0.3) is 11.6 Å². The molecular formula is C16H11BrN2O5. The van der Waals surface area contributed by atoms with Crippen LogP contribution in [0.4, 0.5) is 11.4 Å². The minimum Gasteiger partial charge on any atom is -0.448 e. The van der Waals surface area contributed by atoms with Crippen molar-refractivity contribution in [2.24, 2.45) is 0 Å². The highest BCUT2D eigenvalue weighted by Crippen LogP contribution is 2.28. The van der Waals surface area contributed by atoms with Crippen molar-refractivity contribution in [3.8, 4) is 0 Å². The summed E-state index contributed by atoms with van der Waals surface area (Å²) in [6.07, 6.45) is -0.673. The van der Waals surface area contributed by atoms with Crippen LogP contribution in [0, 0.1) is 10.1 Å². The van der Waals surface area contributed by atoms with Crippen molar-refractivity contribution in [2.75, 3.05) is 5.32 Å². The van der Waals surface area contributed by atoms with Gasteiger partial charge in [-0.2, -0.15) is 0 Å². The molecule has 0 aromatic heterocycles. The standard InChI is InChI=1S/C16H11BrN2O5/c17-12-8-10(19(22)23)5-6-13(12)18-15(20)14-7-9-3-1-2-4-11(9)16(21)24-14/h1-6,8,14H,7H2,(H,18,20)/t14-/m0/s1. The molecule has 0 saturated carbocycles. The molecule has 1 N–H and O–H groups in total. The highest BCUT2D eigenvalue weighted by atomic mass is 79.9. The number of ether oxygens (including phenoxy) is 1. The smallest absolute Gasteiger partial charge is 0.339 e. The molecule has 0 fully saturated rings. The van der Waals surface area contributed by atoms with Gasteiger partial charge in [0.1, 0.15) is 0 Å². The topological polar surface area (TPSA) is 98.5 Å². The summed E-state index contributed by atoms with van der Waals surface area (Å²) in [7, 11) is 0. The van der Waals surface area contributed by atoms with Gasteiger partial charge in [-0.15, -0.1) is 0 Å². The van der Waals surface area contributed by atoms with E-state index in [2.05, 4.69) is 21.2 Å². The molecule has 8 heteroatoms. The number of amides is 1. The van der Waals surface area contributed by atoms with E-state index in [1.165, 1.54) is 18.2 Å². The molecule has 1 amide bonds. The molecular weight excluding hydrogens is 380 g/mol. The van der Waals surface area contributed by atoms with Crippen molar-refractivity contribution < 1.29 is 19.2 Å². The lowest BCUT2D eigenvalue weighted by Gasteiger charge is -2.23. The number of hydrogen-bond donors (Lipinski definition) is 1. The van der Waals surface area contributed by atoms with E-state index in [4.69, 9.17) is 4.74 Å². The van der Waals surface area contributed by atoms with Gasteiger partial charge in [0, 0.05) is 23.0 Å². The summed E-state index contributed by atoms with van der Waals surface area (Å²) in [6, 6.07) is 10.9. The fraction of sp³-hybridized carbons (Fsp3) is 0.125. The predicted molar refractivity (Wildman–Crippen MR) is 88.8 cm³/mol. The fourth-order valence-corrected chi connectivity index (χ4v) is 2.88. The number of nitrogens with zero attached hydrogens (tertiary/aromatic N) is 1. The Balaban J connectivity index is 1.77. The van der Waals surface area contributed by atoms with E-state index >= 15 is 0 Å². The number of nitrogens with one attached hydrogen (secondary N) is 1. The van der Waals surface area contributed by atoms with Gasteiger partial charge in [-0.05, 0) is 33.6 Å². The molecule has 2 aromatic rings. The molecule has 0 spiro atoms. The maximum atomic E-state index is 12.4. The molecule has 1 aliphatic heterocycles. The number of anilines is 1. The van der Waals surface area contributed by atoms with Crippen molar-refractivity contribution in [1.29, 1.82) is 0 Å². The number of cyclic esters (lactones) is 1. The van der Waals surface area contributed by atoms with E-state index in [9.17, 15) is 19.7 Å². The lowest BCUT2D eigenvalue weighted by atomic mass is 9.98. The van der Waals surface area contributed by atoms with Crippen LogP contribution < -0.4 is 5.32 Å². The molecule has 0 aliphatic carbocycles. The minimum atomic E-state index is -0.950. The number of nitro groups is 1. The Kier molecular flexibility index (Phi) is 4.30. The third-order valence-corrected chi connectivity index (χ3v) is 4.26. The highest BCUT2D eigenvalue weighted by molar-refractivity contribution is 9.10. The van der Waals surface area contributed by atoms with Gasteiger partial charge in [0.05, 0.1) is 16.2 Å². The zero-order valence-corrected chi connectivity index (χ0v) is 13.8. The lowest BCUT2D eigenvalue weighted by Crippen LogP contribution is -2.38. The first-order chi connectivity index (χ1) is 11.5. The Morgan fingerprint density at radius 1 is 1.29 bits per heavy atom. The number of benzene rings is 2. The average Bonchev–Trinajstić information content (AvgIpc) is 2.56. The number of halogens is 1. The van der Waals surface area contributed by atoms with E-state index in [0.29, 0.717) is 15.7 Å². The zero-order valence-electron chi connectivity index (χ0n) is 12.2. The van der Waals surface area contributed by atoms with Crippen molar-refractivity contribution in [1.82, 2.24) is 0 Å². The summed E-state index contributed by atoms with van der Waals surface area (Å²) in [6.45, 7) is 0. The summed E-state index contributed by atoms with van der Waals surface area (Å²) in [5.41, 5.74) is 1.47. The van der Waals surface area contributed by atoms with Crippen LogP contribution in [0.15, 0.2) is 46.9 Å². The third kappa shape index (κ3) is 3.13. The molecule has 3 rings (SSSR count). The van der Waals surface area contributed by atoms with Crippen LogP contribution in [0.5, 0.6) is 0 Å². The predicted octanol–water partition coefficient (Wildman–Crippen LogP) is 3.08. The van der Waals surface area contributed by atoms with Crippen LogP contribution in [0.3, 0.4) is 0 Å². The number of non-ortho nitro benzene ring substituents is 1. The first-order valence-corrected chi connectivity index (χ1v) is 7.78. The van der Waals surface area contributed by atoms with E-state index < -0.39 is 22.9 Å². The Morgan fingerprint density at radius 3 is 2.75 bits per heavy atom. The van der Waals surface area contributed by atoms with Crippen molar-refractivity contribution in [3.63, 3.8) is 0 Å². The van der Waals surface area contributed by atoms with Gasteiger partial charge >= 0.3 is 5.97 Å². The molecule has 0 saturated heterocycles. The van der Waals surface area contributed by atoms with Crippen molar-refractivity contribution >= 4 is 39.2 Å². The van der Waals surface area contributed by atoms with Gasteiger partial charge in [-0.3, -0.25) is 14.9 Å². The van der Waals surface area contributed by atoms with E-state index in [1.54, 1.807) is 24.3 Å². The zero-order chi connectivity index (χ0) is 17.3. The monoisotopic (exact) mass is 390 g/mol. The number of rotatable bonds is 3. The fourth-order valence-electron chi connectivity index (χ4n) is 2.41. The molecule has 2 aromatic carbocycles. The minimum absolute atomic E-state index is 0.0992. The van der Waals surface area contributed by atoms with Crippen LogP contribution in [-0.2, 0) is 16.0 Å². The number of carbonyl (C=O) groups excluding carboxylic acids is 2. The third-order valence-electron chi connectivity index (χ3n) is 3.61. The number of carbonyl (C=O) groups is 2. The SMILES string of the molecule is O=C1O[C@H](C(=O)Nc2ccc([N+](=O)[O-])cc2Br)Cc2ccccc21. The molecule has 24 heavy (non-hydrogen) atoms. The van der Waals surface area contributed by atoms with E-state index in [0.717, 1.165) is 5.56 Å². The van der Waals surface area contributed by atoms with Crippen molar-refractivity contribution in [2.45, 2.75) is 12.5 Å². The molecule has 1 heterocycles. The highest BCUT2D eigenvalue weighted by Gasteiger charge is 2.31. The number of fused-ring (bicyclic) bond motifs is 1. The summed E-state index contributed by atoms with van der Waals surface area (Å²) in [5, 5.41) is 13.3.